The maximum atomic E-state index is 12.0. The molecule has 0 saturated carbocycles. The minimum atomic E-state index is -0.465. The summed E-state index contributed by atoms with van der Waals surface area (Å²) in [4.78, 5) is 21.5. The van der Waals surface area contributed by atoms with E-state index in [9.17, 15) is 4.79 Å². The van der Waals surface area contributed by atoms with E-state index in [0.29, 0.717) is 5.92 Å². The summed E-state index contributed by atoms with van der Waals surface area (Å²) in [7, 11) is 2.19. The van der Waals surface area contributed by atoms with Crippen LogP contribution in [0.15, 0.2) is 4.99 Å². The first-order valence-electron chi connectivity index (χ1n) is 9.98. The molecule has 8 heteroatoms. The van der Waals surface area contributed by atoms with Crippen molar-refractivity contribution in [3.05, 3.63) is 0 Å². The topological polar surface area (TPSA) is 69.2 Å². The molecule has 0 aliphatic carbocycles. The SMILES string of the molecule is CCNC(=NCC1CCN(C)CC1)N1CCC(NC(=O)OC(C)(C)C)C1.I. The van der Waals surface area contributed by atoms with E-state index in [2.05, 4.69) is 34.4 Å². The third-order valence-corrected chi connectivity index (χ3v) is 4.88. The van der Waals surface area contributed by atoms with Crippen LogP contribution in [0, 0.1) is 5.92 Å². The second-order valence-electron chi connectivity index (χ2n) is 8.52. The van der Waals surface area contributed by atoms with Gasteiger partial charge in [0.05, 0.1) is 6.04 Å². The fraction of sp³-hybridized carbons (Fsp3) is 0.895. The first-order valence-corrected chi connectivity index (χ1v) is 9.98. The van der Waals surface area contributed by atoms with E-state index in [1.165, 1.54) is 25.9 Å². The number of likely N-dealkylation sites (tertiary alicyclic amines) is 2. The van der Waals surface area contributed by atoms with Crippen molar-refractivity contribution >= 4 is 36.0 Å². The molecule has 1 amide bonds. The number of hydrogen-bond acceptors (Lipinski definition) is 4. The first-order chi connectivity index (χ1) is 12.3. The maximum absolute atomic E-state index is 12.0. The molecule has 0 spiro atoms. The Morgan fingerprint density at radius 3 is 2.44 bits per heavy atom. The van der Waals surface area contributed by atoms with Gasteiger partial charge in [-0.15, -0.1) is 24.0 Å². The number of hydrogen-bond donors (Lipinski definition) is 2. The van der Waals surface area contributed by atoms with E-state index in [1.807, 2.05) is 20.8 Å². The molecule has 1 unspecified atom stereocenters. The standard InChI is InChI=1S/C19H37N5O2.HI/c1-6-20-17(21-13-15-7-10-23(5)11-8-15)24-12-9-16(14-24)22-18(25)26-19(2,3)4;/h15-16H,6-14H2,1-5H3,(H,20,21)(H,22,25);1H. The molecule has 2 aliphatic heterocycles. The van der Waals surface area contributed by atoms with Crippen molar-refractivity contribution < 1.29 is 9.53 Å². The van der Waals surface area contributed by atoms with Crippen molar-refractivity contribution in [1.29, 1.82) is 0 Å². The lowest BCUT2D eigenvalue weighted by atomic mass is 9.97. The average molecular weight is 495 g/mol. The first kappa shape index (κ1) is 24.3. The van der Waals surface area contributed by atoms with Crippen molar-refractivity contribution in [1.82, 2.24) is 20.4 Å². The van der Waals surface area contributed by atoms with Gasteiger partial charge in [-0.3, -0.25) is 4.99 Å². The van der Waals surface area contributed by atoms with E-state index in [0.717, 1.165) is 38.6 Å². The molecule has 27 heavy (non-hydrogen) atoms. The number of aliphatic imine (C=N–C) groups is 1. The quantitative estimate of drug-likeness (QED) is 0.357. The van der Waals surface area contributed by atoms with Crippen LogP contribution in [0.2, 0.25) is 0 Å². The Bertz CT molecular complexity index is 487. The molecule has 2 aliphatic rings. The lowest BCUT2D eigenvalue weighted by Crippen LogP contribution is -2.44. The van der Waals surface area contributed by atoms with Gasteiger partial charge in [-0.05, 0) is 73.0 Å². The van der Waals surface area contributed by atoms with E-state index in [4.69, 9.17) is 9.73 Å². The summed E-state index contributed by atoms with van der Waals surface area (Å²) in [5.74, 6) is 1.65. The van der Waals surface area contributed by atoms with Crippen molar-refractivity contribution in [3.8, 4) is 0 Å². The molecular weight excluding hydrogens is 457 g/mol. The molecule has 0 aromatic heterocycles. The molecule has 1 atom stereocenters. The Morgan fingerprint density at radius 2 is 1.85 bits per heavy atom. The lowest BCUT2D eigenvalue weighted by molar-refractivity contribution is 0.0507. The minimum Gasteiger partial charge on any atom is -0.444 e. The smallest absolute Gasteiger partial charge is 0.407 e. The average Bonchev–Trinajstić information content (AvgIpc) is 2.99. The van der Waals surface area contributed by atoms with Crippen LogP contribution in [0.1, 0.15) is 47.0 Å². The van der Waals surface area contributed by atoms with Crippen LogP contribution in [0.4, 0.5) is 4.79 Å². The number of carbonyl (C=O) groups excluding carboxylic acids is 1. The van der Waals surface area contributed by atoms with Gasteiger partial charge in [0, 0.05) is 26.2 Å². The summed E-state index contributed by atoms with van der Waals surface area (Å²) in [5.41, 5.74) is -0.465. The monoisotopic (exact) mass is 495 g/mol. The number of rotatable bonds is 4. The summed E-state index contributed by atoms with van der Waals surface area (Å²) < 4.78 is 5.36. The van der Waals surface area contributed by atoms with Gasteiger partial charge in [-0.2, -0.15) is 0 Å². The Labute approximate surface area is 181 Å². The van der Waals surface area contributed by atoms with Gasteiger partial charge in [-0.1, -0.05) is 0 Å². The molecule has 2 rings (SSSR count). The van der Waals surface area contributed by atoms with Gasteiger partial charge in [0.25, 0.3) is 0 Å². The van der Waals surface area contributed by atoms with Gasteiger partial charge in [0.2, 0.25) is 0 Å². The van der Waals surface area contributed by atoms with Gasteiger partial charge in [0.1, 0.15) is 5.60 Å². The highest BCUT2D eigenvalue weighted by Gasteiger charge is 2.28. The molecule has 0 bridgehead atoms. The molecule has 2 heterocycles. The van der Waals surface area contributed by atoms with Gasteiger partial charge in [0.15, 0.2) is 5.96 Å². The molecule has 0 aromatic rings. The fourth-order valence-corrected chi connectivity index (χ4v) is 3.43. The number of amides is 1. The van der Waals surface area contributed by atoms with Crippen molar-refractivity contribution in [2.75, 3.05) is 46.3 Å². The van der Waals surface area contributed by atoms with Crippen LogP contribution in [-0.2, 0) is 4.74 Å². The number of carbonyl (C=O) groups is 1. The van der Waals surface area contributed by atoms with E-state index in [1.54, 1.807) is 0 Å². The molecular formula is C19H38IN5O2. The second-order valence-corrected chi connectivity index (χ2v) is 8.52. The summed E-state index contributed by atoms with van der Waals surface area (Å²) in [6.45, 7) is 13.5. The van der Waals surface area contributed by atoms with E-state index < -0.39 is 5.60 Å². The summed E-state index contributed by atoms with van der Waals surface area (Å²) in [6, 6.07) is 0.108. The Kier molecular flexibility index (Phi) is 10.1. The van der Waals surface area contributed by atoms with Crippen LogP contribution in [0.5, 0.6) is 0 Å². The van der Waals surface area contributed by atoms with Crippen LogP contribution in [0.3, 0.4) is 0 Å². The number of nitrogens with one attached hydrogen (secondary N) is 2. The molecule has 2 saturated heterocycles. The Morgan fingerprint density at radius 1 is 1.19 bits per heavy atom. The number of halogens is 1. The highest BCUT2D eigenvalue weighted by atomic mass is 127. The molecule has 158 valence electrons. The van der Waals surface area contributed by atoms with Gasteiger partial charge < -0.3 is 25.2 Å². The summed E-state index contributed by atoms with van der Waals surface area (Å²) in [5, 5.41) is 6.39. The molecule has 0 radical (unpaired) electrons. The molecule has 2 N–H and O–H groups in total. The molecule has 0 aromatic carbocycles. The lowest BCUT2D eigenvalue weighted by Gasteiger charge is -2.28. The zero-order valence-electron chi connectivity index (χ0n) is 17.6. The van der Waals surface area contributed by atoms with E-state index >= 15 is 0 Å². The Balaban J connectivity index is 0.00000364. The Hall–Kier alpha value is -0.770. The highest BCUT2D eigenvalue weighted by molar-refractivity contribution is 14.0. The van der Waals surface area contributed by atoms with Crippen LogP contribution >= 0.6 is 24.0 Å². The summed E-state index contributed by atoms with van der Waals surface area (Å²) in [6.07, 6.45) is 3.03. The second kappa shape index (κ2) is 11.3. The molecule has 7 nitrogen and oxygen atoms in total. The number of ether oxygens (including phenoxy) is 1. The van der Waals surface area contributed by atoms with Crippen molar-refractivity contribution in [2.45, 2.75) is 58.6 Å². The zero-order chi connectivity index (χ0) is 19.2. The predicted octanol–water partition coefficient (Wildman–Crippen LogP) is 2.51. The predicted molar refractivity (Wildman–Crippen MR) is 121 cm³/mol. The largest absolute Gasteiger partial charge is 0.444 e. The van der Waals surface area contributed by atoms with E-state index in [-0.39, 0.29) is 36.1 Å². The third-order valence-electron chi connectivity index (χ3n) is 4.88. The number of guanidine groups is 1. The minimum absolute atomic E-state index is 0. The van der Waals surface area contributed by atoms with Gasteiger partial charge >= 0.3 is 6.09 Å². The normalized spacial score (nSPS) is 22.3. The van der Waals surface area contributed by atoms with Crippen LogP contribution in [0.25, 0.3) is 0 Å². The number of alkyl carbamates (subject to hydrolysis) is 1. The van der Waals surface area contributed by atoms with Crippen LogP contribution < -0.4 is 10.6 Å². The van der Waals surface area contributed by atoms with Gasteiger partial charge in [-0.25, -0.2) is 4.79 Å². The molecule has 2 fully saturated rings. The van der Waals surface area contributed by atoms with Crippen molar-refractivity contribution in [3.63, 3.8) is 0 Å². The van der Waals surface area contributed by atoms with Crippen LogP contribution in [-0.4, -0.2) is 79.8 Å². The summed E-state index contributed by atoms with van der Waals surface area (Å²) >= 11 is 0. The number of piperidine rings is 1. The fourth-order valence-electron chi connectivity index (χ4n) is 3.43. The maximum Gasteiger partial charge on any atom is 0.407 e. The third kappa shape index (κ3) is 8.85. The zero-order valence-corrected chi connectivity index (χ0v) is 19.9. The number of nitrogens with zero attached hydrogens (tertiary/aromatic N) is 3. The highest BCUT2D eigenvalue weighted by Crippen LogP contribution is 2.17. The van der Waals surface area contributed by atoms with Crippen molar-refractivity contribution in [2.24, 2.45) is 10.9 Å².